The number of halogens is 6. The molecule has 0 saturated carbocycles. The van der Waals surface area contributed by atoms with Crippen molar-refractivity contribution >= 4 is 100 Å². The number of fused-ring (bicyclic) bond motifs is 2. The van der Waals surface area contributed by atoms with Gasteiger partial charge in [-0.15, -0.1) is 0 Å². The Hall–Kier alpha value is -4.65. The zero-order valence-electron chi connectivity index (χ0n) is 34.6. The van der Waals surface area contributed by atoms with Crippen LogP contribution in [0, 0.1) is 13.8 Å². The highest BCUT2D eigenvalue weighted by atomic mass is 79.9. The normalized spacial score (nSPS) is 13.6. The molecule has 4 heterocycles. The highest BCUT2D eigenvalue weighted by molar-refractivity contribution is 9.11. The molecule has 4 aromatic carbocycles. The number of hydrogen-bond donors (Lipinski definition) is 3. The first kappa shape index (κ1) is 50.0. The summed E-state index contributed by atoms with van der Waals surface area (Å²) in [6.45, 7) is 13.5. The quantitative estimate of drug-likeness (QED) is 0.0828. The van der Waals surface area contributed by atoms with Gasteiger partial charge < -0.3 is 35.4 Å². The van der Waals surface area contributed by atoms with Crippen molar-refractivity contribution in [3.63, 3.8) is 0 Å². The Morgan fingerprint density at radius 2 is 1.23 bits per heavy atom. The summed E-state index contributed by atoms with van der Waals surface area (Å²) < 4.78 is 43.9. The molecule has 12 nitrogen and oxygen atoms in total. The van der Waals surface area contributed by atoms with E-state index >= 15 is 0 Å². The number of benzene rings is 4. The summed E-state index contributed by atoms with van der Waals surface area (Å²) in [5, 5.41) is 13.6. The Bertz CT molecular complexity index is 2290. The van der Waals surface area contributed by atoms with Crippen LogP contribution in [0.25, 0.3) is 21.8 Å². The second kappa shape index (κ2) is 25.5. The number of aryl methyl sites for hydroxylation is 2. The molecule has 0 spiro atoms. The van der Waals surface area contributed by atoms with Crippen molar-refractivity contribution in [3.05, 3.63) is 111 Å². The summed E-state index contributed by atoms with van der Waals surface area (Å²) in [6, 6.07) is 24.4. The number of nitrogen functional groups attached to an aromatic ring is 1. The van der Waals surface area contributed by atoms with E-state index in [1.54, 1.807) is 6.20 Å². The van der Waals surface area contributed by atoms with E-state index in [9.17, 15) is 13.2 Å². The lowest BCUT2D eigenvalue weighted by Gasteiger charge is -2.28. The van der Waals surface area contributed by atoms with Gasteiger partial charge in [-0.25, -0.2) is 19.9 Å². The number of hydrogen-bond acceptors (Lipinski definition) is 12. The lowest BCUT2D eigenvalue weighted by molar-refractivity contribution is -0.156. The Kier molecular flexibility index (Phi) is 20.5. The van der Waals surface area contributed by atoms with Crippen molar-refractivity contribution in [1.82, 2.24) is 19.9 Å². The zero-order valence-corrected chi connectivity index (χ0v) is 38.6. The van der Waals surface area contributed by atoms with Gasteiger partial charge in [0.2, 0.25) is 17.5 Å². The third-order valence-corrected chi connectivity index (χ3v) is 11.3. The van der Waals surface area contributed by atoms with Crippen LogP contribution in [0.4, 0.5) is 41.9 Å². The molecule has 0 unspecified atom stereocenters. The summed E-state index contributed by atoms with van der Waals surface area (Å²) in [5.41, 5.74) is 13.9. The number of aromatic nitrogens is 4. The van der Waals surface area contributed by atoms with Gasteiger partial charge in [0.25, 0.3) is 0 Å². The number of ether oxygens (including phenoxy) is 2. The molecule has 332 valence electrons. The van der Waals surface area contributed by atoms with Crippen molar-refractivity contribution in [2.24, 2.45) is 0 Å². The standard InChI is InChI=1S/C19H19BrN4O.C10H14N2O.C9H6BrClN2.C4H10O.C2HF3O/c1-13-2-3-14-12-21-19(23-18(14)17(13)20)22-15-4-6-16(7-5-15)24-8-10-25-11-9-24;11-9-1-3-10(4-2-9)12-5-7-13-8-6-12;1-5-2-3-6-4-12-9(11)13-8(6)7(5)10;1-2-3-4-5;3-2(4,5)1-6/h2-7,12H,8-11H2,1H3,(H,21,22,23);1-4H,5-8,11H2;2-4H,1H3;5H,2-4H2,1H3;1H. The van der Waals surface area contributed by atoms with Gasteiger partial charge in [0.05, 0.1) is 37.5 Å². The second-order valence-electron chi connectivity index (χ2n) is 13.8. The van der Waals surface area contributed by atoms with E-state index in [1.807, 2.05) is 43.5 Å². The van der Waals surface area contributed by atoms with Crippen molar-refractivity contribution < 1.29 is 32.5 Å². The molecule has 18 heteroatoms. The number of anilines is 5. The summed E-state index contributed by atoms with van der Waals surface area (Å²) >= 11 is 12.8. The number of carbonyl (C=O) groups is 1. The minimum atomic E-state index is -4.64. The Balaban J connectivity index is 0.000000193. The van der Waals surface area contributed by atoms with E-state index in [2.05, 4.69) is 123 Å². The maximum Gasteiger partial charge on any atom is 0.446 e. The van der Waals surface area contributed by atoms with E-state index in [0.29, 0.717) is 12.6 Å². The molecule has 62 heavy (non-hydrogen) atoms. The monoisotopic (exact) mass is 1000 g/mol. The van der Waals surface area contributed by atoms with Crippen molar-refractivity contribution in [2.45, 2.75) is 39.8 Å². The molecule has 2 aromatic heterocycles. The molecule has 0 atom stereocenters. The number of aliphatic hydroxyl groups excluding tert-OH is 1. The van der Waals surface area contributed by atoms with Gasteiger partial charge in [-0.1, -0.05) is 37.6 Å². The number of unbranched alkanes of at least 4 members (excludes halogenated alkanes) is 1. The van der Waals surface area contributed by atoms with Gasteiger partial charge in [0.1, 0.15) is 0 Å². The molecule has 2 aliphatic heterocycles. The Morgan fingerprint density at radius 1 is 0.774 bits per heavy atom. The van der Waals surface area contributed by atoms with Crippen LogP contribution in [0.2, 0.25) is 5.28 Å². The van der Waals surface area contributed by atoms with Gasteiger partial charge >= 0.3 is 6.18 Å². The molecule has 8 rings (SSSR count). The summed E-state index contributed by atoms with van der Waals surface area (Å²) in [4.78, 5) is 30.5. The predicted molar refractivity (Wildman–Crippen MR) is 250 cm³/mol. The Labute approximate surface area is 381 Å². The number of carbonyl (C=O) groups excluding carboxylic acids is 1. The predicted octanol–water partition coefficient (Wildman–Crippen LogP) is 10.3. The van der Waals surface area contributed by atoms with Crippen LogP contribution in [0.3, 0.4) is 0 Å². The average molecular weight is 1010 g/mol. The number of nitrogens with two attached hydrogens (primary N) is 1. The minimum Gasteiger partial charge on any atom is -0.399 e. The topological polar surface area (TPSA) is 152 Å². The largest absolute Gasteiger partial charge is 0.446 e. The van der Waals surface area contributed by atoms with Crippen LogP contribution in [-0.2, 0) is 14.3 Å². The fourth-order valence-electron chi connectivity index (χ4n) is 5.74. The maximum absolute atomic E-state index is 10.4. The number of aliphatic hydroxyl groups is 1. The number of morpholine rings is 2. The fourth-order valence-corrected chi connectivity index (χ4v) is 6.77. The van der Waals surface area contributed by atoms with Gasteiger partial charge in [-0.05, 0) is 123 Å². The lowest BCUT2D eigenvalue weighted by atomic mass is 10.2. The van der Waals surface area contributed by atoms with Gasteiger partial charge in [-0.3, -0.25) is 4.79 Å². The highest BCUT2D eigenvalue weighted by Crippen LogP contribution is 2.28. The van der Waals surface area contributed by atoms with Crippen LogP contribution >= 0.6 is 43.5 Å². The molecular formula is C44H50Br2ClF3N8O4. The maximum atomic E-state index is 10.4. The summed E-state index contributed by atoms with van der Waals surface area (Å²) in [7, 11) is 0. The number of rotatable bonds is 6. The Morgan fingerprint density at radius 3 is 1.66 bits per heavy atom. The number of nitrogens with zero attached hydrogens (tertiary/aromatic N) is 6. The molecule has 4 N–H and O–H groups in total. The summed E-state index contributed by atoms with van der Waals surface area (Å²) in [5.74, 6) is 0.595. The van der Waals surface area contributed by atoms with Crippen LogP contribution in [0.15, 0.2) is 94.1 Å². The molecule has 0 radical (unpaired) electrons. The second-order valence-corrected chi connectivity index (χ2v) is 15.7. The molecule has 2 fully saturated rings. The molecular weight excluding hydrogens is 957 g/mol. The first-order valence-electron chi connectivity index (χ1n) is 19.7. The van der Waals surface area contributed by atoms with Crippen LogP contribution in [-0.4, -0.2) is 96.7 Å². The zero-order chi connectivity index (χ0) is 45.1. The van der Waals surface area contributed by atoms with Gasteiger partial charge in [-0.2, -0.15) is 13.2 Å². The first-order valence-corrected chi connectivity index (χ1v) is 21.7. The molecule has 2 saturated heterocycles. The van der Waals surface area contributed by atoms with Gasteiger partial charge in [0, 0.05) is 87.6 Å². The van der Waals surface area contributed by atoms with E-state index in [0.717, 1.165) is 119 Å². The smallest absolute Gasteiger partial charge is 0.399 e. The molecule has 0 bridgehead atoms. The number of nitrogens with one attached hydrogen (secondary N) is 1. The molecule has 2 aliphatic rings. The average Bonchev–Trinajstić information content (AvgIpc) is 3.29. The van der Waals surface area contributed by atoms with Gasteiger partial charge in [0.15, 0.2) is 0 Å². The van der Waals surface area contributed by atoms with Crippen LogP contribution in [0.1, 0.15) is 30.9 Å². The van der Waals surface area contributed by atoms with Crippen molar-refractivity contribution in [2.75, 3.05) is 80.1 Å². The molecule has 0 aliphatic carbocycles. The van der Waals surface area contributed by atoms with Crippen molar-refractivity contribution in [3.8, 4) is 0 Å². The number of aldehydes is 1. The fraction of sp³-hybridized carbons (Fsp3) is 0.341. The molecule has 0 amide bonds. The van der Waals surface area contributed by atoms with E-state index in [4.69, 9.17) is 36.7 Å². The van der Waals surface area contributed by atoms with E-state index in [1.165, 1.54) is 11.4 Å². The SMILES string of the molecule is CCCCO.Cc1ccc2cnc(Cl)nc2c1Br.Cc1ccc2cnc(Nc3ccc(N4CCOCC4)cc3)nc2c1Br.Nc1ccc(N2CCOCC2)cc1.O=CC(F)(F)F. The third kappa shape index (κ3) is 16.2. The van der Waals surface area contributed by atoms with Crippen LogP contribution in [0.5, 0.6) is 0 Å². The van der Waals surface area contributed by atoms with E-state index < -0.39 is 12.5 Å². The third-order valence-electron chi connectivity index (χ3n) is 9.15. The molecule has 6 aromatic rings. The van der Waals surface area contributed by atoms with Crippen LogP contribution < -0.4 is 20.9 Å². The summed E-state index contributed by atoms with van der Waals surface area (Å²) in [6.07, 6.45) is -0.102. The minimum absolute atomic E-state index is 0.277. The highest BCUT2D eigenvalue weighted by Gasteiger charge is 2.25. The number of alkyl halides is 3. The van der Waals surface area contributed by atoms with Crippen molar-refractivity contribution in [1.29, 1.82) is 0 Å². The lowest BCUT2D eigenvalue weighted by Crippen LogP contribution is -2.36. The first-order chi connectivity index (χ1) is 29.7. The van der Waals surface area contributed by atoms with E-state index in [-0.39, 0.29) is 5.28 Å².